The van der Waals surface area contributed by atoms with Crippen LogP contribution in [-0.4, -0.2) is 77.1 Å². The van der Waals surface area contributed by atoms with Gasteiger partial charge in [-0.15, -0.1) is 11.0 Å². The number of nitrogens with one attached hydrogen (secondary N) is 2. The number of thioether (sulfide) groups is 2. The van der Waals surface area contributed by atoms with Gasteiger partial charge in [0, 0.05) is 6.42 Å². The quantitative estimate of drug-likeness (QED) is 0.187. The molecule has 0 aromatic heterocycles. The standard InChI is InChI=1S/C18H30N2O8S2/c1-13(23)10-18(26,17(25)28-20-15(12-22)6-9-30-3)7-4-16(24)27-19-14(11-21)5-8-29-2/h11-12,14-15,19-20,26H,4-10H2,1-3H3/t14-,15-,18-/m1/s1. The van der Waals surface area contributed by atoms with Gasteiger partial charge in [0.05, 0.1) is 18.5 Å². The van der Waals surface area contributed by atoms with E-state index in [2.05, 4.69) is 11.0 Å². The minimum absolute atomic E-state index is 0.398. The van der Waals surface area contributed by atoms with Gasteiger partial charge in [0.1, 0.15) is 18.4 Å². The van der Waals surface area contributed by atoms with E-state index in [0.717, 1.165) is 0 Å². The third-order valence-corrected chi connectivity index (χ3v) is 5.17. The molecular formula is C18H30N2O8S2. The first-order valence-electron chi connectivity index (χ1n) is 9.24. The van der Waals surface area contributed by atoms with Gasteiger partial charge < -0.3 is 24.4 Å². The molecule has 0 aromatic rings. The summed E-state index contributed by atoms with van der Waals surface area (Å²) in [6.45, 7) is 1.18. The predicted molar refractivity (Wildman–Crippen MR) is 114 cm³/mol. The number of aldehydes is 2. The third-order valence-electron chi connectivity index (χ3n) is 3.89. The first-order chi connectivity index (χ1) is 14.2. The molecule has 0 unspecified atom stereocenters. The smallest absolute Gasteiger partial charge is 0.357 e. The average molecular weight is 467 g/mol. The van der Waals surface area contributed by atoms with Crippen molar-refractivity contribution in [2.45, 2.75) is 56.7 Å². The maximum atomic E-state index is 12.3. The highest BCUT2D eigenvalue weighted by atomic mass is 32.2. The van der Waals surface area contributed by atoms with Gasteiger partial charge in [0.25, 0.3) is 0 Å². The van der Waals surface area contributed by atoms with Gasteiger partial charge >= 0.3 is 11.9 Å². The van der Waals surface area contributed by atoms with Crippen molar-refractivity contribution in [1.82, 2.24) is 11.0 Å². The second-order valence-electron chi connectivity index (χ2n) is 6.56. The van der Waals surface area contributed by atoms with Crippen molar-refractivity contribution in [2.75, 3.05) is 24.0 Å². The van der Waals surface area contributed by atoms with Crippen molar-refractivity contribution in [2.24, 2.45) is 0 Å². The molecule has 0 spiro atoms. The molecule has 172 valence electrons. The van der Waals surface area contributed by atoms with Crippen LogP contribution in [0, 0.1) is 0 Å². The predicted octanol–water partition coefficient (Wildman–Crippen LogP) is 0.214. The molecule has 0 bridgehead atoms. The minimum atomic E-state index is -2.27. The largest absolute Gasteiger partial charge is 0.378 e. The molecule has 0 radical (unpaired) electrons. The van der Waals surface area contributed by atoms with Crippen molar-refractivity contribution in [3.05, 3.63) is 0 Å². The maximum Gasteiger partial charge on any atom is 0.357 e. The molecule has 10 nitrogen and oxygen atoms in total. The number of carbonyl (C=O) groups excluding carboxylic acids is 5. The number of Topliss-reactive ketones (excluding diaryl/α,β-unsaturated/α-hetero) is 1. The Morgan fingerprint density at radius 1 is 1.00 bits per heavy atom. The zero-order valence-corrected chi connectivity index (χ0v) is 19.0. The van der Waals surface area contributed by atoms with Gasteiger partial charge in [0.15, 0.2) is 5.60 Å². The van der Waals surface area contributed by atoms with Crippen molar-refractivity contribution in [3.63, 3.8) is 0 Å². The molecule has 12 heteroatoms. The zero-order valence-electron chi connectivity index (χ0n) is 17.4. The lowest BCUT2D eigenvalue weighted by molar-refractivity contribution is -0.179. The maximum absolute atomic E-state index is 12.3. The molecule has 0 aliphatic carbocycles. The summed E-state index contributed by atoms with van der Waals surface area (Å²) in [5.74, 6) is -1.17. The van der Waals surface area contributed by atoms with E-state index in [1.165, 1.54) is 30.4 Å². The summed E-state index contributed by atoms with van der Waals surface area (Å²) in [6, 6.07) is -1.44. The summed E-state index contributed by atoms with van der Waals surface area (Å²) < 4.78 is 0. The van der Waals surface area contributed by atoms with Crippen LogP contribution in [0.15, 0.2) is 0 Å². The molecule has 0 saturated heterocycles. The molecule has 0 aliphatic rings. The van der Waals surface area contributed by atoms with Crippen LogP contribution in [0.25, 0.3) is 0 Å². The lowest BCUT2D eigenvalue weighted by atomic mass is 9.92. The van der Waals surface area contributed by atoms with Crippen LogP contribution in [0.1, 0.15) is 39.0 Å². The van der Waals surface area contributed by atoms with Gasteiger partial charge in [-0.25, -0.2) is 4.79 Å². The molecule has 0 aliphatic heterocycles. The number of ketones is 1. The van der Waals surface area contributed by atoms with Gasteiger partial charge in [-0.2, -0.15) is 23.5 Å². The van der Waals surface area contributed by atoms with Crippen molar-refractivity contribution in [1.29, 1.82) is 0 Å². The molecule has 0 rings (SSSR count). The average Bonchev–Trinajstić information content (AvgIpc) is 2.71. The van der Waals surface area contributed by atoms with E-state index in [1.807, 2.05) is 12.5 Å². The van der Waals surface area contributed by atoms with E-state index >= 15 is 0 Å². The fourth-order valence-electron chi connectivity index (χ4n) is 2.20. The lowest BCUT2D eigenvalue weighted by Gasteiger charge is -2.25. The molecular weight excluding hydrogens is 436 g/mol. The minimum Gasteiger partial charge on any atom is -0.378 e. The Bertz CT molecular complexity index is 578. The second kappa shape index (κ2) is 16.3. The van der Waals surface area contributed by atoms with E-state index in [4.69, 9.17) is 9.68 Å². The Hall–Kier alpha value is -1.47. The summed E-state index contributed by atoms with van der Waals surface area (Å²) in [4.78, 5) is 67.2. The topological polar surface area (TPSA) is 148 Å². The van der Waals surface area contributed by atoms with Crippen LogP contribution in [-0.2, 0) is 33.6 Å². The lowest BCUT2D eigenvalue weighted by Crippen LogP contribution is -2.46. The Morgan fingerprint density at radius 2 is 1.50 bits per heavy atom. The highest BCUT2D eigenvalue weighted by Crippen LogP contribution is 2.20. The molecule has 3 N–H and O–H groups in total. The first-order valence-corrected chi connectivity index (χ1v) is 12.0. The van der Waals surface area contributed by atoms with E-state index in [0.29, 0.717) is 36.9 Å². The fourth-order valence-corrected chi connectivity index (χ4v) is 3.18. The summed E-state index contributed by atoms with van der Waals surface area (Å²) >= 11 is 3.03. The van der Waals surface area contributed by atoms with Crippen LogP contribution in [0.2, 0.25) is 0 Å². The molecule has 0 heterocycles. The highest BCUT2D eigenvalue weighted by molar-refractivity contribution is 7.98. The van der Waals surface area contributed by atoms with Crippen molar-refractivity contribution >= 4 is 53.8 Å². The first kappa shape index (κ1) is 28.5. The van der Waals surface area contributed by atoms with Gasteiger partial charge in [-0.3, -0.25) is 9.59 Å². The molecule has 0 saturated carbocycles. The molecule has 3 atom stereocenters. The van der Waals surface area contributed by atoms with Gasteiger partial charge in [-0.1, -0.05) is 0 Å². The van der Waals surface area contributed by atoms with Crippen molar-refractivity contribution in [3.8, 4) is 0 Å². The number of hydrogen-bond acceptors (Lipinski definition) is 12. The summed E-state index contributed by atoms with van der Waals surface area (Å²) in [5, 5.41) is 10.6. The van der Waals surface area contributed by atoms with Gasteiger partial charge in [0.2, 0.25) is 0 Å². The fraction of sp³-hybridized carbons (Fsp3) is 0.722. The number of aliphatic hydroxyl groups is 1. The molecule has 0 amide bonds. The van der Waals surface area contributed by atoms with E-state index in [1.54, 1.807) is 0 Å². The normalized spacial score (nSPS) is 14.8. The Morgan fingerprint density at radius 3 is 1.93 bits per heavy atom. The summed E-state index contributed by atoms with van der Waals surface area (Å²) in [5.41, 5.74) is 2.32. The summed E-state index contributed by atoms with van der Waals surface area (Å²) in [7, 11) is 0. The highest BCUT2D eigenvalue weighted by Gasteiger charge is 2.40. The Balaban J connectivity index is 4.77. The van der Waals surface area contributed by atoms with Gasteiger partial charge in [-0.05, 0) is 50.2 Å². The van der Waals surface area contributed by atoms with Crippen LogP contribution < -0.4 is 11.0 Å². The monoisotopic (exact) mass is 466 g/mol. The van der Waals surface area contributed by atoms with Crippen LogP contribution in [0.5, 0.6) is 0 Å². The van der Waals surface area contributed by atoms with Crippen LogP contribution in [0.3, 0.4) is 0 Å². The Kier molecular flexibility index (Phi) is 15.5. The number of hydroxylamine groups is 2. The third kappa shape index (κ3) is 12.3. The SMILES string of the molecule is CSCC[C@H](C=O)NOC(=O)CC[C@@](O)(CC(C)=O)C(=O)ON[C@@H](C=O)CCSC. The molecule has 0 fully saturated rings. The van der Waals surface area contributed by atoms with E-state index in [9.17, 15) is 29.1 Å². The molecule has 0 aromatic carbocycles. The number of carbonyl (C=O) groups is 5. The Labute approximate surface area is 184 Å². The van der Waals surface area contributed by atoms with Crippen molar-refractivity contribution < 1.29 is 38.8 Å². The summed E-state index contributed by atoms with van der Waals surface area (Å²) in [6.07, 6.45) is 4.33. The van der Waals surface area contributed by atoms with Crippen LogP contribution in [0.4, 0.5) is 0 Å². The second-order valence-corrected chi connectivity index (χ2v) is 8.53. The molecule has 30 heavy (non-hydrogen) atoms. The van der Waals surface area contributed by atoms with E-state index in [-0.39, 0.29) is 0 Å². The van der Waals surface area contributed by atoms with E-state index < -0.39 is 54.7 Å². The number of rotatable bonds is 18. The zero-order chi connectivity index (χ0) is 23.0. The van der Waals surface area contributed by atoms with Crippen LogP contribution >= 0.6 is 23.5 Å². The number of hydrogen-bond donors (Lipinski definition) is 3.